The van der Waals surface area contributed by atoms with Crippen LogP contribution in [-0.2, 0) is 17.6 Å². The van der Waals surface area contributed by atoms with Crippen molar-refractivity contribution in [1.82, 2.24) is 0 Å². The molecule has 1 amide bonds. The van der Waals surface area contributed by atoms with Crippen LogP contribution in [0.1, 0.15) is 42.5 Å². The van der Waals surface area contributed by atoms with Crippen molar-refractivity contribution in [3.05, 3.63) is 40.5 Å². The second-order valence-electron chi connectivity index (χ2n) is 6.79. The molecule has 0 bridgehead atoms. The fraction of sp³-hybridized carbons (Fsp3) is 0.381. The summed E-state index contributed by atoms with van der Waals surface area (Å²) in [5.74, 6) is 0.203. The summed E-state index contributed by atoms with van der Waals surface area (Å²) in [5.41, 5.74) is 5.94. The van der Waals surface area contributed by atoms with Gasteiger partial charge in [0.25, 0.3) is 0 Å². The zero-order chi connectivity index (χ0) is 18.3. The van der Waals surface area contributed by atoms with Gasteiger partial charge in [-0.1, -0.05) is 19.4 Å². The number of hydrogen-bond donors (Lipinski definition) is 2. The summed E-state index contributed by atoms with van der Waals surface area (Å²) in [7, 11) is 0. The largest absolute Gasteiger partial charge is 0.507 e. The number of carbonyl (C=O) groups excluding carboxylic acids is 1. The molecule has 1 aliphatic rings. The summed E-state index contributed by atoms with van der Waals surface area (Å²) in [4.78, 5) is 14.2. The average molecular weight is 339 g/mol. The van der Waals surface area contributed by atoms with E-state index in [1.54, 1.807) is 17.0 Å². The molecule has 1 heterocycles. The third-order valence-electron chi connectivity index (χ3n) is 4.95. The molecule has 1 aliphatic heterocycles. The Kier molecular flexibility index (Phi) is 4.46. The quantitative estimate of drug-likeness (QED) is 0.876. The molecule has 2 aromatic carbocycles. The van der Waals surface area contributed by atoms with E-state index in [1.165, 1.54) is 0 Å². The van der Waals surface area contributed by atoms with Crippen molar-refractivity contribution in [1.29, 1.82) is 0 Å². The van der Waals surface area contributed by atoms with Gasteiger partial charge in [0, 0.05) is 6.54 Å². The maximum atomic E-state index is 12.4. The monoisotopic (exact) mass is 339 g/mol. The number of nitrogens with zero attached hydrogens (tertiary/aromatic N) is 1. The van der Waals surface area contributed by atoms with E-state index in [4.69, 9.17) is 0 Å². The molecule has 0 aromatic heterocycles. The number of likely N-dealkylation sites (N-methyl/N-ethyl adjacent to an activating group) is 1. The van der Waals surface area contributed by atoms with Gasteiger partial charge in [-0.05, 0) is 67.1 Å². The summed E-state index contributed by atoms with van der Waals surface area (Å²) in [6.07, 6.45) is 2.04. The normalized spacial score (nSPS) is 13.4. The summed E-state index contributed by atoms with van der Waals surface area (Å²) in [6, 6.07) is 5.46. The minimum atomic E-state index is 0.0639. The Morgan fingerprint density at radius 1 is 1.00 bits per heavy atom. The van der Waals surface area contributed by atoms with E-state index in [9.17, 15) is 15.0 Å². The minimum Gasteiger partial charge on any atom is -0.507 e. The number of benzene rings is 2. The van der Waals surface area contributed by atoms with Crippen LogP contribution in [0.2, 0.25) is 0 Å². The van der Waals surface area contributed by atoms with Gasteiger partial charge in [0.05, 0.1) is 17.7 Å². The van der Waals surface area contributed by atoms with Crippen molar-refractivity contribution >= 4 is 11.6 Å². The van der Waals surface area contributed by atoms with Gasteiger partial charge in [-0.25, -0.2) is 0 Å². The maximum absolute atomic E-state index is 12.4. The summed E-state index contributed by atoms with van der Waals surface area (Å²) in [6.45, 7) is 8.59. The standard InChI is InChI=1S/C21H25NO3/c1-5-7-14-9-16(23)20(17(24)10-14)19-12(3)8-13(4)21-15(19)11-18(25)22(21)6-2/h8-10,23-24H,5-7,11H2,1-4H3. The molecular formula is C21H25NO3. The number of carbonyl (C=O) groups is 1. The first kappa shape index (κ1) is 17.3. The number of amides is 1. The molecule has 2 aromatic rings. The molecule has 132 valence electrons. The molecule has 0 radical (unpaired) electrons. The van der Waals surface area contributed by atoms with Gasteiger partial charge in [-0.3, -0.25) is 4.79 Å². The van der Waals surface area contributed by atoms with Crippen LogP contribution >= 0.6 is 0 Å². The van der Waals surface area contributed by atoms with Gasteiger partial charge in [-0.15, -0.1) is 0 Å². The number of anilines is 1. The van der Waals surface area contributed by atoms with Gasteiger partial charge >= 0.3 is 0 Å². The molecular weight excluding hydrogens is 314 g/mol. The highest BCUT2D eigenvalue weighted by Gasteiger charge is 2.32. The molecule has 0 fully saturated rings. The van der Waals surface area contributed by atoms with Crippen LogP contribution in [0.15, 0.2) is 18.2 Å². The van der Waals surface area contributed by atoms with E-state index in [0.717, 1.165) is 46.3 Å². The van der Waals surface area contributed by atoms with E-state index in [1.807, 2.05) is 26.8 Å². The highest BCUT2D eigenvalue weighted by atomic mass is 16.3. The van der Waals surface area contributed by atoms with Gasteiger partial charge < -0.3 is 15.1 Å². The molecule has 0 saturated heterocycles. The molecule has 4 nitrogen and oxygen atoms in total. The van der Waals surface area contributed by atoms with Gasteiger partial charge in [0.15, 0.2) is 0 Å². The molecule has 0 saturated carbocycles. The zero-order valence-corrected chi connectivity index (χ0v) is 15.3. The Bertz CT molecular complexity index is 832. The van der Waals surface area contributed by atoms with Crippen molar-refractivity contribution in [2.24, 2.45) is 0 Å². The molecule has 25 heavy (non-hydrogen) atoms. The van der Waals surface area contributed by atoms with E-state index < -0.39 is 0 Å². The van der Waals surface area contributed by atoms with Gasteiger partial charge in [0.2, 0.25) is 5.91 Å². The predicted octanol–water partition coefficient (Wildman–Crippen LogP) is 4.24. The maximum Gasteiger partial charge on any atom is 0.231 e. The van der Waals surface area contributed by atoms with Crippen molar-refractivity contribution in [3.63, 3.8) is 0 Å². The Morgan fingerprint density at radius 2 is 1.64 bits per heavy atom. The van der Waals surface area contributed by atoms with Crippen LogP contribution < -0.4 is 4.90 Å². The lowest BCUT2D eigenvalue weighted by Crippen LogP contribution is -2.26. The molecule has 2 N–H and O–H groups in total. The first-order valence-electron chi connectivity index (χ1n) is 8.87. The van der Waals surface area contributed by atoms with E-state index in [-0.39, 0.29) is 17.4 Å². The van der Waals surface area contributed by atoms with Gasteiger partial charge in [0.1, 0.15) is 11.5 Å². The number of aromatic hydroxyl groups is 2. The summed E-state index contributed by atoms with van der Waals surface area (Å²) >= 11 is 0. The van der Waals surface area contributed by atoms with Crippen LogP contribution in [0.25, 0.3) is 11.1 Å². The van der Waals surface area contributed by atoms with Crippen molar-refractivity contribution in [3.8, 4) is 22.6 Å². The van der Waals surface area contributed by atoms with E-state index in [2.05, 4.69) is 6.92 Å². The Hall–Kier alpha value is -2.49. The van der Waals surface area contributed by atoms with Crippen LogP contribution in [0.4, 0.5) is 5.69 Å². The van der Waals surface area contributed by atoms with Crippen molar-refractivity contribution in [2.45, 2.75) is 47.0 Å². The smallest absolute Gasteiger partial charge is 0.231 e. The zero-order valence-electron chi connectivity index (χ0n) is 15.3. The third-order valence-corrected chi connectivity index (χ3v) is 4.95. The first-order chi connectivity index (χ1) is 11.9. The van der Waals surface area contributed by atoms with Gasteiger partial charge in [-0.2, -0.15) is 0 Å². The molecule has 0 spiro atoms. The van der Waals surface area contributed by atoms with E-state index in [0.29, 0.717) is 18.5 Å². The van der Waals surface area contributed by atoms with Crippen LogP contribution in [0.5, 0.6) is 11.5 Å². The molecule has 3 rings (SSSR count). The Labute approximate surface area is 148 Å². The Morgan fingerprint density at radius 3 is 2.20 bits per heavy atom. The Balaban J connectivity index is 2.27. The van der Waals surface area contributed by atoms with Crippen LogP contribution in [0.3, 0.4) is 0 Å². The third kappa shape index (κ3) is 2.76. The molecule has 0 unspecified atom stereocenters. The molecule has 0 atom stereocenters. The number of phenols is 2. The molecule has 0 aliphatic carbocycles. The number of rotatable bonds is 4. The second kappa shape index (κ2) is 6.43. The highest BCUT2D eigenvalue weighted by molar-refractivity contribution is 6.05. The van der Waals surface area contributed by atoms with Crippen LogP contribution in [0, 0.1) is 13.8 Å². The first-order valence-corrected chi connectivity index (χ1v) is 8.87. The lowest BCUT2D eigenvalue weighted by Gasteiger charge is -2.21. The fourth-order valence-corrected chi connectivity index (χ4v) is 4.02. The van der Waals surface area contributed by atoms with Crippen molar-refractivity contribution in [2.75, 3.05) is 11.4 Å². The lowest BCUT2D eigenvalue weighted by atomic mass is 9.89. The number of aryl methyl sites for hydroxylation is 3. The van der Waals surface area contributed by atoms with Crippen LogP contribution in [-0.4, -0.2) is 22.7 Å². The second-order valence-corrected chi connectivity index (χ2v) is 6.79. The minimum absolute atomic E-state index is 0.0639. The topological polar surface area (TPSA) is 60.8 Å². The highest BCUT2D eigenvalue weighted by Crippen LogP contribution is 2.47. The number of phenolic OH excluding ortho intramolecular Hbond substituents is 2. The number of fused-ring (bicyclic) bond motifs is 1. The average Bonchev–Trinajstić information content (AvgIpc) is 2.86. The SMILES string of the molecule is CCCc1cc(O)c(-c2c(C)cc(C)c3c2CC(=O)N3CC)c(O)c1. The lowest BCUT2D eigenvalue weighted by molar-refractivity contribution is -0.117. The number of hydrogen-bond acceptors (Lipinski definition) is 3. The predicted molar refractivity (Wildman–Crippen MR) is 100 cm³/mol. The fourth-order valence-electron chi connectivity index (χ4n) is 4.02. The molecule has 4 heteroatoms. The van der Waals surface area contributed by atoms with Crippen molar-refractivity contribution < 1.29 is 15.0 Å². The summed E-state index contributed by atoms with van der Waals surface area (Å²) in [5, 5.41) is 21.2. The van der Waals surface area contributed by atoms with E-state index >= 15 is 0 Å². The summed E-state index contributed by atoms with van der Waals surface area (Å²) < 4.78 is 0.